The summed E-state index contributed by atoms with van der Waals surface area (Å²) in [7, 11) is 0. The average molecular weight is 250 g/mol. The summed E-state index contributed by atoms with van der Waals surface area (Å²) in [6.07, 6.45) is 7.78. The van der Waals surface area contributed by atoms with E-state index in [0.717, 1.165) is 0 Å². The molecule has 0 aromatic carbocycles. The van der Waals surface area contributed by atoms with Crippen molar-refractivity contribution in [3.8, 4) is 0 Å². The van der Waals surface area contributed by atoms with Gasteiger partial charge in [-0.25, -0.2) is 0 Å². The molecule has 0 spiro atoms. The average Bonchev–Trinajstić information content (AvgIpc) is 2.42. The third-order valence-corrected chi connectivity index (χ3v) is 2.72. The van der Waals surface area contributed by atoms with E-state index in [9.17, 15) is 9.59 Å². The maximum Gasteiger partial charge on any atom is 0.310 e. The molecule has 0 aromatic rings. The Hall–Kier alpha value is -1.84. The Morgan fingerprint density at radius 2 is 1.39 bits per heavy atom. The second-order valence-corrected chi connectivity index (χ2v) is 3.99. The van der Waals surface area contributed by atoms with Crippen LogP contribution in [0.3, 0.4) is 0 Å². The van der Waals surface area contributed by atoms with Gasteiger partial charge in [0.05, 0.1) is 11.8 Å². The summed E-state index contributed by atoms with van der Waals surface area (Å²) in [5.41, 5.74) is 0. The molecule has 0 unspecified atom stereocenters. The van der Waals surface area contributed by atoms with Crippen molar-refractivity contribution < 1.29 is 19.1 Å². The van der Waals surface area contributed by atoms with E-state index in [4.69, 9.17) is 9.47 Å². The Labute approximate surface area is 107 Å². The Balaban J connectivity index is 2.64. The monoisotopic (exact) mass is 250 g/mol. The van der Waals surface area contributed by atoms with E-state index in [1.54, 1.807) is 0 Å². The number of hydrogen-bond donors (Lipinski definition) is 0. The molecule has 0 amide bonds. The Kier molecular flexibility index (Phi) is 5.91. The van der Waals surface area contributed by atoms with Crippen molar-refractivity contribution in [2.45, 2.75) is 12.8 Å². The molecule has 1 aliphatic rings. The lowest BCUT2D eigenvalue weighted by Crippen LogP contribution is -2.33. The van der Waals surface area contributed by atoms with E-state index < -0.39 is 11.8 Å². The van der Waals surface area contributed by atoms with Crippen molar-refractivity contribution in [3.05, 3.63) is 37.5 Å². The predicted molar refractivity (Wildman–Crippen MR) is 67.7 cm³/mol. The molecular formula is C14H18O4. The first kappa shape index (κ1) is 14.2. The Bertz CT molecular complexity index is 323. The van der Waals surface area contributed by atoms with Crippen molar-refractivity contribution in [1.82, 2.24) is 0 Å². The maximum absolute atomic E-state index is 11.8. The van der Waals surface area contributed by atoms with Gasteiger partial charge >= 0.3 is 11.9 Å². The first-order valence-electron chi connectivity index (χ1n) is 5.90. The van der Waals surface area contributed by atoms with Crippen LogP contribution in [0.25, 0.3) is 0 Å². The van der Waals surface area contributed by atoms with E-state index >= 15 is 0 Å². The van der Waals surface area contributed by atoms with Crippen LogP contribution in [0.1, 0.15) is 12.8 Å². The van der Waals surface area contributed by atoms with E-state index in [1.807, 2.05) is 12.2 Å². The molecule has 2 atom stereocenters. The Morgan fingerprint density at radius 1 is 1.00 bits per heavy atom. The molecule has 98 valence electrons. The number of rotatable bonds is 6. The Morgan fingerprint density at radius 3 is 1.72 bits per heavy atom. The standard InChI is InChI=1S/C14H18O4/c1-3-9-17-13(15)11-7-5-6-8-12(11)14(16)18-10-4-2/h3-6,11-12H,1-2,7-10H2/t11-,12-/m0/s1. The van der Waals surface area contributed by atoms with E-state index in [0.29, 0.717) is 12.8 Å². The van der Waals surface area contributed by atoms with Crippen LogP contribution in [0.2, 0.25) is 0 Å². The number of ether oxygens (including phenoxy) is 2. The molecule has 1 rings (SSSR count). The molecule has 0 saturated heterocycles. The van der Waals surface area contributed by atoms with Gasteiger partial charge in [-0.1, -0.05) is 37.5 Å². The lowest BCUT2D eigenvalue weighted by atomic mass is 9.83. The molecule has 18 heavy (non-hydrogen) atoms. The highest BCUT2D eigenvalue weighted by Gasteiger charge is 2.35. The van der Waals surface area contributed by atoms with Crippen molar-refractivity contribution in [2.24, 2.45) is 11.8 Å². The van der Waals surface area contributed by atoms with Gasteiger partial charge in [0.25, 0.3) is 0 Å². The quantitative estimate of drug-likeness (QED) is 0.534. The van der Waals surface area contributed by atoms with Gasteiger partial charge in [-0.2, -0.15) is 0 Å². The fourth-order valence-corrected chi connectivity index (χ4v) is 1.83. The zero-order valence-electron chi connectivity index (χ0n) is 10.3. The molecule has 0 aromatic heterocycles. The third kappa shape index (κ3) is 3.87. The molecule has 4 heteroatoms. The van der Waals surface area contributed by atoms with Gasteiger partial charge in [0.15, 0.2) is 0 Å². The van der Waals surface area contributed by atoms with Crippen LogP contribution < -0.4 is 0 Å². The highest BCUT2D eigenvalue weighted by atomic mass is 16.5. The number of esters is 2. The fraction of sp³-hybridized carbons (Fsp3) is 0.429. The number of allylic oxidation sites excluding steroid dienone is 2. The topological polar surface area (TPSA) is 52.6 Å². The summed E-state index contributed by atoms with van der Waals surface area (Å²) in [6, 6.07) is 0. The largest absolute Gasteiger partial charge is 0.461 e. The van der Waals surface area contributed by atoms with Crippen molar-refractivity contribution >= 4 is 11.9 Å². The molecule has 4 nitrogen and oxygen atoms in total. The number of hydrogen-bond acceptors (Lipinski definition) is 4. The highest BCUT2D eigenvalue weighted by Crippen LogP contribution is 2.28. The van der Waals surface area contributed by atoms with Crippen LogP contribution >= 0.6 is 0 Å². The van der Waals surface area contributed by atoms with Crippen LogP contribution in [-0.4, -0.2) is 25.2 Å². The summed E-state index contributed by atoms with van der Waals surface area (Å²) in [5.74, 6) is -1.68. The minimum Gasteiger partial charge on any atom is -0.461 e. The van der Waals surface area contributed by atoms with Crippen molar-refractivity contribution in [2.75, 3.05) is 13.2 Å². The van der Waals surface area contributed by atoms with E-state index in [2.05, 4.69) is 13.2 Å². The third-order valence-electron chi connectivity index (χ3n) is 2.72. The van der Waals surface area contributed by atoms with Crippen LogP contribution in [0.4, 0.5) is 0 Å². The predicted octanol–water partition coefficient (Wildman–Crippen LogP) is 2.03. The van der Waals surface area contributed by atoms with E-state index in [-0.39, 0.29) is 25.2 Å². The molecule has 0 aliphatic heterocycles. The zero-order chi connectivity index (χ0) is 13.4. The molecule has 0 bridgehead atoms. The summed E-state index contributed by atoms with van der Waals surface area (Å²) < 4.78 is 9.99. The molecule has 1 aliphatic carbocycles. The normalized spacial score (nSPS) is 22.0. The minimum atomic E-state index is -0.465. The van der Waals surface area contributed by atoms with Crippen molar-refractivity contribution in [1.29, 1.82) is 0 Å². The lowest BCUT2D eigenvalue weighted by molar-refractivity contribution is -0.159. The van der Waals surface area contributed by atoms with Crippen LogP contribution in [0.5, 0.6) is 0 Å². The summed E-state index contributed by atoms with van der Waals surface area (Å²) >= 11 is 0. The van der Waals surface area contributed by atoms with Gasteiger partial charge in [-0.15, -0.1) is 0 Å². The summed E-state index contributed by atoms with van der Waals surface area (Å²) in [4.78, 5) is 23.6. The molecule has 0 saturated carbocycles. The highest BCUT2D eigenvalue weighted by molar-refractivity contribution is 5.82. The second-order valence-electron chi connectivity index (χ2n) is 3.99. The van der Waals surface area contributed by atoms with Gasteiger partial charge in [0.1, 0.15) is 13.2 Å². The van der Waals surface area contributed by atoms with Crippen molar-refractivity contribution in [3.63, 3.8) is 0 Å². The van der Waals surface area contributed by atoms with Gasteiger partial charge < -0.3 is 9.47 Å². The molecular weight excluding hydrogens is 232 g/mol. The molecule has 0 heterocycles. The van der Waals surface area contributed by atoms with Crippen LogP contribution in [0.15, 0.2) is 37.5 Å². The van der Waals surface area contributed by atoms with Gasteiger partial charge in [-0.3, -0.25) is 9.59 Å². The lowest BCUT2D eigenvalue weighted by Gasteiger charge is -2.24. The van der Waals surface area contributed by atoms with E-state index in [1.165, 1.54) is 12.2 Å². The van der Waals surface area contributed by atoms with Gasteiger partial charge in [0, 0.05) is 0 Å². The zero-order valence-corrected chi connectivity index (χ0v) is 10.3. The number of carbonyl (C=O) groups excluding carboxylic acids is 2. The minimum absolute atomic E-state index is 0.160. The van der Waals surface area contributed by atoms with Gasteiger partial charge in [-0.05, 0) is 12.8 Å². The first-order chi connectivity index (χ1) is 8.70. The summed E-state index contributed by atoms with van der Waals surface area (Å²) in [5, 5.41) is 0. The second kappa shape index (κ2) is 7.48. The molecule has 0 radical (unpaired) electrons. The molecule has 0 fully saturated rings. The first-order valence-corrected chi connectivity index (χ1v) is 5.90. The SMILES string of the molecule is C=CCOC(=O)[C@H]1CC=CC[C@@H]1C(=O)OCC=C. The van der Waals surface area contributed by atoms with Crippen LogP contribution in [0, 0.1) is 11.8 Å². The maximum atomic E-state index is 11.8. The van der Waals surface area contributed by atoms with Gasteiger partial charge in [0.2, 0.25) is 0 Å². The van der Waals surface area contributed by atoms with Crippen LogP contribution in [-0.2, 0) is 19.1 Å². The number of carbonyl (C=O) groups is 2. The summed E-state index contributed by atoms with van der Waals surface area (Å²) in [6.45, 7) is 7.28. The fourth-order valence-electron chi connectivity index (χ4n) is 1.83. The molecule has 0 N–H and O–H groups in total. The smallest absolute Gasteiger partial charge is 0.310 e.